The molecule has 1 aromatic heterocycles. The van der Waals surface area contributed by atoms with E-state index in [2.05, 4.69) is 54.3 Å². The zero-order chi connectivity index (χ0) is 21.7. The number of rotatable bonds is 8. The standard InChI is InChI=1S/C24H29FN4O/c1-16-5-8-23(17(2)11-16)28-15-29(4)10-9-19-6-7-20(14-27-19)30-24-13-21(25)22(26)12-18(24)3/h5-8,11-14,28H,9-10,15,26H2,1-4H3. The van der Waals surface area contributed by atoms with Crippen molar-refractivity contribution in [3.63, 3.8) is 0 Å². The maximum absolute atomic E-state index is 13.7. The van der Waals surface area contributed by atoms with Crippen molar-refractivity contribution in [1.82, 2.24) is 9.88 Å². The molecule has 0 aliphatic rings. The van der Waals surface area contributed by atoms with Gasteiger partial charge in [0.2, 0.25) is 0 Å². The average Bonchev–Trinajstić information content (AvgIpc) is 2.71. The second kappa shape index (κ2) is 9.59. The fourth-order valence-corrected chi connectivity index (χ4v) is 3.16. The highest BCUT2D eigenvalue weighted by molar-refractivity contribution is 5.52. The summed E-state index contributed by atoms with van der Waals surface area (Å²) in [6, 6.07) is 13.1. The van der Waals surface area contributed by atoms with E-state index in [1.54, 1.807) is 12.3 Å². The lowest BCUT2D eigenvalue weighted by molar-refractivity contribution is 0.361. The zero-order valence-electron chi connectivity index (χ0n) is 18.0. The minimum Gasteiger partial charge on any atom is -0.455 e. The normalized spacial score (nSPS) is 11.0. The highest BCUT2D eigenvalue weighted by Gasteiger charge is 2.08. The first-order valence-electron chi connectivity index (χ1n) is 10.00. The predicted octanol–water partition coefficient (Wildman–Crippen LogP) is 5.06. The smallest absolute Gasteiger partial charge is 0.149 e. The summed E-state index contributed by atoms with van der Waals surface area (Å²) in [6.07, 6.45) is 2.48. The van der Waals surface area contributed by atoms with Crippen LogP contribution in [0.1, 0.15) is 22.4 Å². The van der Waals surface area contributed by atoms with Gasteiger partial charge in [0.15, 0.2) is 0 Å². The van der Waals surface area contributed by atoms with Gasteiger partial charge in [0, 0.05) is 30.4 Å². The molecule has 0 spiro atoms. The molecule has 0 aliphatic heterocycles. The van der Waals surface area contributed by atoms with Crippen molar-refractivity contribution < 1.29 is 9.13 Å². The summed E-state index contributed by atoms with van der Waals surface area (Å²) < 4.78 is 19.4. The van der Waals surface area contributed by atoms with Crippen LogP contribution < -0.4 is 15.8 Å². The number of benzene rings is 2. The number of hydrogen-bond donors (Lipinski definition) is 2. The van der Waals surface area contributed by atoms with Gasteiger partial charge in [0.1, 0.15) is 17.3 Å². The van der Waals surface area contributed by atoms with Gasteiger partial charge in [0.05, 0.1) is 18.6 Å². The minimum atomic E-state index is -0.488. The molecule has 6 heteroatoms. The molecular weight excluding hydrogens is 379 g/mol. The van der Waals surface area contributed by atoms with Crippen LogP contribution in [-0.4, -0.2) is 30.1 Å². The van der Waals surface area contributed by atoms with Gasteiger partial charge in [-0.3, -0.25) is 9.88 Å². The number of aryl methyl sites for hydroxylation is 3. The van der Waals surface area contributed by atoms with E-state index in [1.807, 2.05) is 19.1 Å². The van der Waals surface area contributed by atoms with E-state index in [4.69, 9.17) is 10.5 Å². The lowest BCUT2D eigenvalue weighted by Crippen LogP contribution is -2.27. The zero-order valence-corrected chi connectivity index (χ0v) is 18.0. The Morgan fingerprint density at radius 3 is 2.57 bits per heavy atom. The molecule has 3 aromatic rings. The van der Waals surface area contributed by atoms with Crippen molar-refractivity contribution in [3.05, 3.63) is 76.9 Å². The summed E-state index contributed by atoms with van der Waals surface area (Å²) in [7, 11) is 2.08. The van der Waals surface area contributed by atoms with Crippen molar-refractivity contribution in [2.45, 2.75) is 27.2 Å². The molecule has 2 aromatic carbocycles. The summed E-state index contributed by atoms with van der Waals surface area (Å²) in [6.45, 7) is 7.67. The van der Waals surface area contributed by atoms with Crippen LogP contribution in [-0.2, 0) is 6.42 Å². The fourth-order valence-electron chi connectivity index (χ4n) is 3.16. The summed E-state index contributed by atoms with van der Waals surface area (Å²) in [4.78, 5) is 6.68. The molecule has 30 heavy (non-hydrogen) atoms. The molecule has 0 fully saturated rings. The van der Waals surface area contributed by atoms with E-state index >= 15 is 0 Å². The average molecular weight is 409 g/mol. The van der Waals surface area contributed by atoms with E-state index in [-0.39, 0.29) is 5.69 Å². The Balaban J connectivity index is 1.50. The summed E-state index contributed by atoms with van der Waals surface area (Å²) in [5.74, 6) is 0.516. The number of nitrogens with one attached hydrogen (secondary N) is 1. The molecule has 3 rings (SSSR count). The molecule has 0 unspecified atom stereocenters. The van der Waals surface area contributed by atoms with Gasteiger partial charge in [-0.2, -0.15) is 0 Å². The second-order valence-electron chi connectivity index (χ2n) is 7.71. The number of ether oxygens (including phenoxy) is 1. The number of nitrogen functional groups attached to an aromatic ring is 1. The third-order valence-corrected chi connectivity index (χ3v) is 4.99. The molecule has 0 bridgehead atoms. The summed E-state index contributed by atoms with van der Waals surface area (Å²) in [5, 5.41) is 3.47. The third-order valence-electron chi connectivity index (χ3n) is 4.99. The van der Waals surface area contributed by atoms with Crippen LogP contribution in [0.4, 0.5) is 15.8 Å². The lowest BCUT2D eigenvalue weighted by Gasteiger charge is -2.19. The molecule has 5 nitrogen and oxygen atoms in total. The van der Waals surface area contributed by atoms with Crippen LogP contribution in [0.3, 0.4) is 0 Å². The number of halogens is 1. The lowest BCUT2D eigenvalue weighted by atomic mass is 10.1. The highest BCUT2D eigenvalue weighted by Crippen LogP contribution is 2.28. The molecule has 0 atom stereocenters. The SMILES string of the molecule is Cc1ccc(NCN(C)CCc2ccc(Oc3cc(F)c(N)cc3C)cn2)c(C)c1. The van der Waals surface area contributed by atoms with Gasteiger partial charge >= 0.3 is 0 Å². The summed E-state index contributed by atoms with van der Waals surface area (Å²) in [5.41, 5.74) is 11.1. The monoisotopic (exact) mass is 408 g/mol. The van der Waals surface area contributed by atoms with E-state index in [1.165, 1.54) is 17.2 Å². The molecule has 0 radical (unpaired) electrons. The van der Waals surface area contributed by atoms with Crippen molar-refractivity contribution in [2.75, 3.05) is 31.3 Å². The predicted molar refractivity (Wildman–Crippen MR) is 121 cm³/mol. The van der Waals surface area contributed by atoms with E-state index in [0.29, 0.717) is 11.5 Å². The van der Waals surface area contributed by atoms with E-state index < -0.39 is 5.82 Å². The first-order chi connectivity index (χ1) is 14.3. The Morgan fingerprint density at radius 1 is 1.07 bits per heavy atom. The quantitative estimate of drug-likeness (QED) is 0.403. The number of aromatic nitrogens is 1. The molecule has 0 saturated heterocycles. The fraction of sp³-hybridized carbons (Fsp3) is 0.292. The van der Waals surface area contributed by atoms with Gasteiger partial charge in [-0.25, -0.2) is 4.39 Å². The first kappa shape index (κ1) is 21.6. The van der Waals surface area contributed by atoms with E-state index in [0.717, 1.165) is 36.6 Å². The van der Waals surface area contributed by atoms with Crippen molar-refractivity contribution in [2.24, 2.45) is 0 Å². The number of anilines is 2. The van der Waals surface area contributed by atoms with Crippen LogP contribution >= 0.6 is 0 Å². The molecule has 0 aliphatic carbocycles. The van der Waals surface area contributed by atoms with Crippen LogP contribution in [0.2, 0.25) is 0 Å². The van der Waals surface area contributed by atoms with Crippen LogP contribution in [0, 0.1) is 26.6 Å². The molecule has 0 amide bonds. The number of nitrogens with zero attached hydrogens (tertiary/aromatic N) is 2. The van der Waals surface area contributed by atoms with Gasteiger partial charge in [0.25, 0.3) is 0 Å². The van der Waals surface area contributed by atoms with Crippen LogP contribution in [0.15, 0.2) is 48.7 Å². The maximum Gasteiger partial charge on any atom is 0.149 e. The Hall–Kier alpha value is -3.12. The van der Waals surface area contributed by atoms with Crippen molar-refractivity contribution in [1.29, 1.82) is 0 Å². The number of hydrogen-bond acceptors (Lipinski definition) is 5. The number of nitrogens with two attached hydrogens (primary N) is 1. The second-order valence-corrected chi connectivity index (χ2v) is 7.71. The maximum atomic E-state index is 13.7. The summed E-state index contributed by atoms with van der Waals surface area (Å²) >= 11 is 0. The molecule has 1 heterocycles. The van der Waals surface area contributed by atoms with E-state index in [9.17, 15) is 4.39 Å². The molecule has 158 valence electrons. The Morgan fingerprint density at radius 2 is 1.87 bits per heavy atom. The van der Waals surface area contributed by atoms with Crippen LogP contribution in [0.25, 0.3) is 0 Å². The van der Waals surface area contributed by atoms with Gasteiger partial charge in [-0.15, -0.1) is 0 Å². The van der Waals surface area contributed by atoms with Gasteiger partial charge in [-0.1, -0.05) is 17.7 Å². The largest absolute Gasteiger partial charge is 0.455 e. The van der Waals surface area contributed by atoms with Crippen LogP contribution in [0.5, 0.6) is 11.5 Å². The number of pyridine rings is 1. The number of likely N-dealkylation sites (N-methyl/N-ethyl adjacent to an activating group) is 1. The molecule has 3 N–H and O–H groups in total. The molecule has 0 saturated carbocycles. The van der Waals surface area contributed by atoms with Crippen molar-refractivity contribution in [3.8, 4) is 11.5 Å². The third kappa shape index (κ3) is 5.70. The first-order valence-corrected chi connectivity index (χ1v) is 10.00. The minimum absolute atomic E-state index is 0.115. The van der Waals surface area contributed by atoms with Gasteiger partial charge < -0.3 is 15.8 Å². The Bertz CT molecular complexity index is 1000. The Kier molecular flexibility index (Phi) is 6.90. The highest BCUT2D eigenvalue weighted by atomic mass is 19.1. The topological polar surface area (TPSA) is 63.4 Å². The molecular formula is C24H29FN4O. The Labute approximate surface area is 177 Å². The van der Waals surface area contributed by atoms with Gasteiger partial charge in [-0.05, 0) is 63.2 Å². The van der Waals surface area contributed by atoms with Crippen molar-refractivity contribution >= 4 is 11.4 Å².